The Kier molecular flexibility index (Phi) is 3.71. The fourth-order valence-corrected chi connectivity index (χ4v) is 0.253. The third-order valence-corrected chi connectivity index (χ3v) is 0.478. The van der Waals surface area contributed by atoms with E-state index in [2.05, 4.69) is 9.97 Å². The van der Waals surface area contributed by atoms with Crippen LogP contribution in [0.3, 0.4) is 0 Å². The zero-order valence-electron chi connectivity index (χ0n) is 3.56. The summed E-state index contributed by atoms with van der Waals surface area (Å²) in [5, 5.41) is 0. The summed E-state index contributed by atoms with van der Waals surface area (Å²) in [6.07, 6.45) is 4.88. The first-order valence-electron chi connectivity index (χ1n) is 1.70. The smallest absolute Gasteiger partial charge is 0.115 e. The van der Waals surface area contributed by atoms with E-state index >= 15 is 0 Å². The minimum Gasteiger partial charge on any atom is -0.245 e. The fourth-order valence-electron chi connectivity index (χ4n) is 0.253. The van der Waals surface area contributed by atoms with Gasteiger partial charge in [0.2, 0.25) is 0 Å². The molecule has 38 valence electrons. The van der Waals surface area contributed by atoms with Gasteiger partial charge in [0.25, 0.3) is 0 Å². The van der Waals surface area contributed by atoms with Crippen molar-refractivity contribution < 1.29 is 19.5 Å². The molecule has 0 spiro atoms. The van der Waals surface area contributed by atoms with Crippen molar-refractivity contribution >= 4 is 0 Å². The van der Waals surface area contributed by atoms with Crippen molar-refractivity contribution in [1.82, 2.24) is 9.97 Å². The van der Waals surface area contributed by atoms with E-state index in [-0.39, 0.29) is 19.5 Å². The molecule has 0 aromatic carbocycles. The summed E-state index contributed by atoms with van der Waals surface area (Å²) < 4.78 is 0. The second kappa shape index (κ2) is 3.88. The van der Waals surface area contributed by atoms with Crippen molar-refractivity contribution in [2.24, 2.45) is 0 Å². The zero-order valence-corrected chi connectivity index (χ0v) is 5.30. The van der Waals surface area contributed by atoms with Crippen LogP contribution in [-0.2, 0) is 19.5 Å². The molecule has 0 aliphatic rings. The molecule has 1 heterocycles. The molecule has 0 fully saturated rings. The standard InChI is InChI=1S/C4H4N2.Ru/c1-2-5-4-6-3-1;/h1-4H;. The predicted octanol–water partition coefficient (Wildman–Crippen LogP) is 0.474. The molecule has 0 aliphatic carbocycles. The summed E-state index contributed by atoms with van der Waals surface area (Å²) in [7, 11) is 0. The molecule has 1 rings (SSSR count). The molecule has 0 atom stereocenters. The molecule has 0 bridgehead atoms. The Hall–Kier alpha value is -0.297. The molecule has 1 aromatic heterocycles. The normalized spacial score (nSPS) is 6.86. The van der Waals surface area contributed by atoms with E-state index in [0.29, 0.717) is 0 Å². The van der Waals surface area contributed by atoms with Crippen LogP contribution in [0.15, 0.2) is 24.8 Å². The van der Waals surface area contributed by atoms with Crippen LogP contribution in [0, 0.1) is 0 Å². The van der Waals surface area contributed by atoms with Crippen LogP contribution in [0.4, 0.5) is 0 Å². The minimum absolute atomic E-state index is 0. The van der Waals surface area contributed by atoms with E-state index in [0.717, 1.165) is 0 Å². The van der Waals surface area contributed by atoms with Crippen LogP contribution in [0.25, 0.3) is 0 Å². The maximum atomic E-state index is 3.67. The van der Waals surface area contributed by atoms with Gasteiger partial charge in [-0.1, -0.05) is 0 Å². The van der Waals surface area contributed by atoms with Crippen LogP contribution >= 0.6 is 0 Å². The number of hydrogen-bond acceptors (Lipinski definition) is 2. The topological polar surface area (TPSA) is 25.8 Å². The molecule has 1 aromatic rings. The van der Waals surface area contributed by atoms with Crippen molar-refractivity contribution in [2.75, 3.05) is 0 Å². The first-order chi connectivity index (χ1) is 3.00. The molecule has 0 aliphatic heterocycles. The van der Waals surface area contributed by atoms with Gasteiger partial charge in [0.1, 0.15) is 6.33 Å². The molecule has 0 N–H and O–H groups in total. The molecule has 0 amide bonds. The quantitative estimate of drug-likeness (QED) is 0.544. The fraction of sp³-hybridized carbons (Fsp3) is 0. The average Bonchev–Trinajstić information content (AvgIpc) is 1.72. The van der Waals surface area contributed by atoms with Crippen LogP contribution in [0.1, 0.15) is 0 Å². The first kappa shape index (κ1) is 6.70. The van der Waals surface area contributed by atoms with E-state index < -0.39 is 0 Å². The number of hydrogen-bond donors (Lipinski definition) is 0. The van der Waals surface area contributed by atoms with E-state index in [1.165, 1.54) is 6.33 Å². The molecular weight excluding hydrogens is 177 g/mol. The van der Waals surface area contributed by atoms with Gasteiger partial charge in [-0.3, -0.25) is 0 Å². The Bertz CT molecular complexity index is 81.6. The Morgan fingerprint density at radius 1 is 1.00 bits per heavy atom. The summed E-state index contributed by atoms with van der Waals surface area (Å²) >= 11 is 0. The van der Waals surface area contributed by atoms with Crippen LogP contribution < -0.4 is 0 Å². The van der Waals surface area contributed by atoms with E-state index in [9.17, 15) is 0 Å². The third kappa shape index (κ3) is 2.40. The van der Waals surface area contributed by atoms with Crippen molar-refractivity contribution in [1.29, 1.82) is 0 Å². The maximum Gasteiger partial charge on any atom is 0.115 e. The SMILES string of the molecule is [Ru].c1cncnc1. The summed E-state index contributed by atoms with van der Waals surface area (Å²) in [6.45, 7) is 0. The summed E-state index contributed by atoms with van der Waals surface area (Å²) in [5.41, 5.74) is 0. The third-order valence-electron chi connectivity index (χ3n) is 0.478. The average molecular weight is 181 g/mol. The second-order valence-electron chi connectivity index (χ2n) is 0.904. The van der Waals surface area contributed by atoms with Crippen molar-refractivity contribution in [3.8, 4) is 0 Å². The Morgan fingerprint density at radius 3 is 1.71 bits per heavy atom. The number of rotatable bonds is 0. The molecule has 0 saturated carbocycles. The molecule has 0 radical (unpaired) electrons. The zero-order chi connectivity index (χ0) is 4.24. The van der Waals surface area contributed by atoms with Crippen molar-refractivity contribution in [3.63, 3.8) is 0 Å². The monoisotopic (exact) mass is 182 g/mol. The predicted molar refractivity (Wildman–Crippen MR) is 22.0 cm³/mol. The molecular formula is C4H4N2Ru. The summed E-state index contributed by atoms with van der Waals surface area (Å²) in [6, 6.07) is 1.78. The molecule has 0 saturated heterocycles. The summed E-state index contributed by atoms with van der Waals surface area (Å²) in [5.74, 6) is 0. The maximum absolute atomic E-state index is 3.67. The Labute approximate surface area is 54.8 Å². The van der Waals surface area contributed by atoms with Gasteiger partial charge in [-0.25, -0.2) is 9.97 Å². The number of aromatic nitrogens is 2. The van der Waals surface area contributed by atoms with Crippen LogP contribution in [0.5, 0.6) is 0 Å². The van der Waals surface area contributed by atoms with E-state index in [1.807, 2.05) is 0 Å². The van der Waals surface area contributed by atoms with Crippen molar-refractivity contribution in [3.05, 3.63) is 24.8 Å². The molecule has 0 unspecified atom stereocenters. The second-order valence-corrected chi connectivity index (χ2v) is 0.904. The van der Waals surface area contributed by atoms with Crippen LogP contribution in [-0.4, -0.2) is 9.97 Å². The Morgan fingerprint density at radius 2 is 1.57 bits per heavy atom. The van der Waals surface area contributed by atoms with E-state index in [4.69, 9.17) is 0 Å². The molecule has 2 nitrogen and oxygen atoms in total. The van der Waals surface area contributed by atoms with Gasteiger partial charge in [0, 0.05) is 31.9 Å². The van der Waals surface area contributed by atoms with Gasteiger partial charge < -0.3 is 0 Å². The van der Waals surface area contributed by atoms with Crippen LogP contribution in [0.2, 0.25) is 0 Å². The molecule has 3 heteroatoms. The van der Waals surface area contributed by atoms with Gasteiger partial charge in [-0.2, -0.15) is 0 Å². The molecule has 7 heavy (non-hydrogen) atoms. The Balaban J connectivity index is 0.000000360. The minimum atomic E-state index is 0. The van der Waals surface area contributed by atoms with Gasteiger partial charge in [0.05, 0.1) is 0 Å². The summed E-state index contributed by atoms with van der Waals surface area (Å²) in [4.78, 5) is 7.35. The first-order valence-corrected chi connectivity index (χ1v) is 1.70. The number of nitrogens with zero attached hydrogens (tertiary/aromatic N) is 2. The largest absolute Gasteiger partial charge is 0.245 e. The van der Waals surface area contributed by atoms with Gasteiger partial charge in [-0.15, -0.1) is 0 Å². The van der Waals surface area contributed by atoms with E-state index in [1.54, 1.807) is 18.5 Å². The van der Waals surface area contributed by atoms with Crippen molar-refractivity contribution in [2.45, 2.75) is 0 Å². The van der Waals surface area contributed by atoms with Gasteiger partial charge in [-0.05, 0) is 6.07 Å². The van der Waals surface area contributed by atoms with Gasteiger partial charge in [0.15, 0.2) is 0 Å². The van der Waals surface area contributed by atoms with Gasteiger partial charge >= 0.3 is 0 Å².